The van der Waals surface area contributed by atoms with Crippen LogP contribution >= 0.6 is 23.2 Å². The van der Waals surface area contributed by atoms with E-state index in [0.29, 0.717) is 27.3 Å². The second-order valence-electron chi connectivity index (χ2n) is 3.43. The van der Waals surface area contributed by atoms with E-state index in [1.807, 2.05) is 6.07 Å². The Kier molecular flexibility index (Phi) is 3.28. The predicted molar refractivity (Wildman–Crippen MR) is 66.9 cm³/mol. The van der Waals surface area contributed by atoms with Crippen LogP contribution in [0.5, 0.6) is 0 Å². The Hall–Kier alpha value is -1.63. The molecule has 1 heterocycles. The maximum absolute atomic E-state index is 8.84. The highest BCUT2D eigenvalue weighted by Crippen LogP contribution is 2.27. The first-order chi connectivity index (χ1) is 8.10. The normalized spacial score (nSPS) is 10.0. The zero-order valence-electron chi connectivity index (χ0n) is 8.91. The first-order valence-electron chi connectivity index (χ1n) is 4.81. The lowest BCUT2D eigenvalue weighted by Crippen LogP contribution is -1.94. The predicted octanol–water partition coefficient (Wildman–Crippen LogP) is 3.63. The van der Waals surface area contributed by atoms with E-state index in [-0.39, 0.29) is 0 Å². The average Bonchev–Trinajstić information content (AvgIpc) is 2.32. The van der Waals surface area contributed by atoms with E-state index in [1.165, 1.54) is 0 Å². The maximum Gasteiger partial charge on any atom is 0.144 e. The molecular formula is C12H7Cl2N3. The molecule has 0 radical (unpaired) electrons. The molecule has 1 aromatic carbocycles. The van der Waals surface area contributed by atoms with Crippen molar-refractivity contribution in [3.05, 3.63) is 45.8 Å². The average molecular weight is 264 g/mol. The van der Waals surface area contributed by atoms with Gasteiger partial charge in [0.1, 0.15) is 17.6 Å². The number of benzene rings is 1. The molecule has 17 heavy (non-hydrogen) atoms. The van der Waals surface area contributed by atoms with E-state index in [1.54, 1.807) is 31.2 Å². The largest absolute Gasteiger partial charge is 0.233 e. The SMILES string of the molecule is Cc1nc(C#N)cc(-c2ccc(Cl)c(Cl)c2)n1. The second-order valence-corrected chi connectivity index (χ2v) is 4.24. The molecule has 84 valence electrons. The van der Waals surface area contributed by atoms with Gasteiger partial charge in [-0.3, -0.25) is 0 Å². The minimum absolute atomic E-state index is 0.332. The third-order valence-electron chi connectivity index (χ3n) is 2.17. The zero-order valence-corrected chi connectivity index (χ0v) is 10.4. The summed E-state index contributed by atoms with van der Waals surface area (Å²) in [6, 6.07) is 8.83. The highest BCUT2D eigenvalue weighted by Gasteiger charge is 2.06. The fraction of sp³-hybridized carbons (Fsp3) is 0.0833. The molecule has 0 atom stereocenters. The van der Waals surface area contributed by atoms with Crippen LogP contribution in [0.15, 0.2) is 24.3 Å². The second kappa shape index (κ2) is 4.70. The summed E-state index contributed by atoms with van der Waals surface area (Å²) in [6.45, 7) is 1.74. The van der Waals surface area contributed by atoms with Gasteiger partial charge >= 0.3 is 0 Å². The van der Waals surface area contributed by atoms with Gasteiger partial charge in [0.25, 0.3) is 0 Å². The van der Waals surface area contributed by atoms with E-state index in [9.17, 15) is 0 Å². The molecule has 3 nitrogen and oxygen atoms in total. The van der Waals surface area contributed by atoms with Crippen molar-refractivity contribution in [3.63, 3.8) is 0 Å². The molecule has 0 aliphatic heterocycles. The molecule has 0 saturated carbocycles. The Labute approximate surface area is 109 Å². The van der Waals surface area contributed by atoms with E-state index in [4.69, 9.17) is 28.5 Å². The molecule has 1 aromatic heterocycles. The van der Waals surface area contributed by atoms with E-state index < -0.39 is 0 Å². The Morgan fingerprint density at radius 1 is 1.12 bits per heavy atom. The molecular weight excluding hydrogens is 257 g/mol. The topological polar surface area (TPSA) is 49.6 Å². The van der Waals surface area contributed by atoms with Crippen molar-refractivity contribution in [1.29, 1.82) is 5.26 Å². The van der Waals surface area contributed by atoms with Gasteiger partial charge in [-0.1, -0.05) is 29.3 Å². The monoisotopic (exact) mass is 263 g/mol. The molecule has 0 unspecified atom stereocenters. The lowest BCUT2D eigenvalue weighted by atomic mass is 10.1. The first-order valence-corrected chi connectivity index (χ1v) is 5.57. The first kappa shape index (κ1) is 11.8. The summed E-state index contributed by atoms with van der Waals surface area (Å²) in [5.41, 5.74) is 1.80. The van der Waals surface area contributed by atoms with Crippen LogP contribution in [-0.4, -0.2) is 9.97 Å². The molecule has 0 spiro atoms. The summed E-state index contributed by atoms with van der Waals surface area (Å²) in [4.78, 5) is 8.25. The van der Waals surface area contributed by atoms with Crippen molar-refractivity contribution in [2.45, 2.75) is 6.92 Å². The number of nitriles is 1. The van der Waals surface area contributed by atoms with E-state index in [0.717, 1.165) is 5.56 Å². The lowest BCUT2D eigenvalue weighted by Gasteiger charge is -2.04. The number of nitrogens with zero attached hydrogens (tertiary/aromatic N) is 3. The van der Waals surface area contributed by atoms with Crippen molar-refractivity contribution >= 4 is 23.2 Å². The molecule has 0 saturated heterocycles. The van der Waals surface area contributed by atoms with Gasteiger partial charge in [0.2, 0.25) is 0 Å². The maximum atomic E-state index is 8.84. The molecule has 2 aromatic rings. The minimum atomic E-state index is 0.332. The van der Waals surface area contributed by atoms with Gasteiger partial charge in [-0.25, -0.2) is 9.97 Å². The van der Waals surface area contributed by atoms with E-state index in [2.05, 4.69) is 9.97 Å². The number of hydrogen-bond acceptors (Lipinski definition) is 3. The van der Waals surface area contributed by atoms with Gasteiger partial charge < -0.3 is 0 Å². The van der Waals surface area contributed by atoms with Crippen LogP contribution in [0.25, 0.3) is 11.3 Å². The smallest absolute Gasteiger partial charge is 0.144 e. The summed E-state index contributed by atoms with van der Waals surface area (Å²) in [7, 11) is 0. The fourth-order valence-corrected chi connectivity index (χ4v) is 1.73. The highest BCUT2D eigenvalue weighted by molar-refractivity contribution is 6.42. The quantitative estimate of drug-likeness (QED) is 0.790. The standard InChI is InChI=1S/C12H7Cl2N3/c1-7-16-9(6-15)5-12(17-7)8-2-3-10(13)11(14)4-8/h2-5H,1H3. The minimum Gasteiger partial charge on any atom is -0.233 e. The van der Waals surface area contributed by atoms with Crippen LogP contribution in [0.3, 0.4) is 0 Å². The van der Waals surface area contributed by atoms with Gasteiger partial charge in [0.15, 0.2) is 0 Å². The van der Waals surface area contributed by atoms with Crippen LogP contribution in [0.1, 0.15) is 11.5 Å². The van der Waals surface area contributed by atoms with Crippen molar-refractivity contribution in [2.75, 3.05) is 0 Å². The Morgan fingerprint density at radius 2 is 1.88 bits per heavy atom. The Balaban J connectivity index is 2.56. The van der Waals surface area contributed by atoms with Gasteiger partial charge in [-0.05, 0) is 19.1 Å². The number of rotatable bonds is 1. The Bertz CT molecular complexity index is 618. The highest BCUT2D eigenvalue weighted by atomic mass is 35.5. The zero-order chi connectivity index (χ0) is 12.4. The molecule has 2 rings (SSSR count). The van der Waals surface area contributed by atoms with Crippen molar-refractivity contribution < 1.29 is 0 Å². The third-order valence-corrected chi connectivity index (χ3v) is 2.91. The molecule has 0 aliphatic carbocycles. The Morgan fingerprint density at radius 3 is 2.53 bits per heavy atom. The summed E-state index contributed by atoms with van der Waals surface area (Å²) < 4.78 is 0. The lowest BCUT2D eigenvalue weighted by molar-refractivity contribution is 1.04. The van der Waals surface area contributed by atoms with Gasteiger partial charge in [-0.2, -0.15) is 5.26 Å². The van der Waals surface area contributed by atoms with Crippen LogP contribution in [-0.2, 0) is 0 Å². The molecule has 5 heteroatoms. The van der Waals surface area contributed by atoms with Crippen LogP contribution < -0.4 is 0 Å². The third kappa shape index (κ3) is 2.55. The number of halogens is 2. The fourth-order valence-electron chi connectivity index (χ4n) is 1.43. The van der Waals surface area contributed by atoms with Crippen molar-refractivity contribution in [2.24, 2.45) is 0 Å². The molecule has 0 aliphatic rings. The van der Waals surface area contributed by atoms with Gasteiger partial charge in [0.05, 0.1) is 15.7 Å². The summed E-state index contributed by atoms with van der Waals surface area (Å²) in [5.74, 6) is 0.546. The van der Waals surface area contributed by atoms with Crippen molar-refractivity contribution in [3.8, 4) is 17.3 Å². The molecule has 0 bridgehead atoms. The van der Waals surface area contributed by atoms with Gasteiger partial charge in [0, 0.05) is 11.6 Å². The van der Waals surface area contributed by atoms with Crippen LogP contribution in [0.2, 0.25) is 10.0 Å². The summed E-state index contributed by atoms with van der Waals surface area (Å²) in [6.07, 6.45) is 0. The van der Waals surface area contributed by atoms with Crippen LogP contribution in [0, 0.1) is 18.3 Å². The molecule has 0 fully saturated rings. The molecule has 0 amide bonds. The summed E-state index contributed by atoms with van der Waals surface area (Å²) in [5, 5.41) is 9.79. The molecule has 0 N–H and O–H groups in total. The van der Waals surface area contributed by atoms with Gasteiger partial charge in [-0.15, -0.1) is 0 Å². The summed E-state index contributed by atoms with van der Waals surface area (Å²) >= 11 is 11.8. The van der Waals surface area contributed by atoms with Crippen LogP contribution in [0.4, 0.5) is 0 Å². The number of aromatic nitrogens is 2. The van der Waals surface area contributed by atoms with E-state index >= 15 is 0 Å². The number of hydrogen-bond donors (Lipinski definition) is 0. The van der Waals surface area contributed by atoms with Crippen molar-refractivity contribution in [1.82, 2.24) is 9.97 Å². The number of aryl methyl sites for hydroxylation is 1.